The minimum atomic E-state index is -0.254. The second-order valence-corrected chi connectivity index (χ2v) is 7.88. The molecule has 1 N–H and O–H groups in total. The molecule has 1 aromatic rings. The summed E-state index contributed by atoms with van der Waals surface area (Å²) in [6.07, 6.45) is 2.26. The molecule has 0 aromatic heterocycles. The van der Waals surface area contributed by atoms with Crippen LogP contribution in [-0.4, -0.2) is 86.0 Å². The molecule has 2 saturated heterocycles. The van der Waals surface area contributed by atoms with E-state index >= 15 is 0 Å². The predicted octanol–water partition coefficient (Wildman–Crippen LogP) is 1.68. The molecule has 0 spiro atoms. The zero-order valence-corrected chi connectivity index (χ0v) is 18.2. The fraction of sp³-hybridized carbons (Fsp3) is 0.636. The van der Waals surface area contributed by atoms with Gasteiger partial charge in [-0.1, -0.05) is 6.07 Å². The van der Waals surface area contributed by atoms with Crippen molar-refractivity contribution in [2.75, 3.05) is 59.5 Å². The zero-order chi connectivity index (χ0) is 21.3. The second-order valence-electron chi connectivity index (χ2n) is 7.88. The first kappa shape index (κ1) is 22.5. The molecule has 0 saturated carbocycles. The van der Waals surface area contributed by atoms with Gasteiger partial charge in [0.15, 0.2) is 5.96 Å². The van der Waals surface area contributed by atoms with Crippen molar-refractivity contribution >= 4 is 11.9 Å². The summed E-state index contributed by atoms with van der Waals surface area (Å²) in [6, 6.07) is 5.06. The van der Waals surface area contributed by atoms with Gasteiger partial charge in [-0.15, -0.1) is 0 Å². The number of nitrogens with one attached hydrogen (secondary N) is 1. The number of benzene rings is 1. The Morgan fingerprint density at radius 1 is 1.13 bits per heavy atom. The molecule has 3 rings (SSSR count). The molecule has 30 heavy (non-hydrogen) atoms. The Balaban J connectivity index is 1.55. The van der Waals surface area contributed by atoms with Crippen molar-refractivity contribution in [1.82, 2.24) is 20.0 Å². The number of likely N-dealkylation sites (tertiary alicyclic amines) is 1. The summed E-state index contributed by atoms with van der Waals surface area (Å²) in [5.41, 5.74) is 1.50. The van der Waals surface area contributed by atoms with Crippen LogP contribution in [0.5, 0.6) is 0 Å². The van der Waals surface area contributed by atoms with Gasteiger partial charge < -0.3 is 19.9 Å². The lowest BCUT2D eigenvalue weighted by Crippen LogP contribution is -2.54. The number of piperazine rings is 1. The predicted molar refractivity (Wildman–Crippen MR) is 116 cm³/mol. The average molecular weight is 420 g/mol. The molecule has 7 nitrogen and oxygen atoms in total. The SMILES string of the molecule is CCNC(=NCc1ccc(F)c(COC)c1)N1CCN(CC(=O)N2CCCC2)CC1. The number of carbonyl (C=O) groups is 1. The highest BCUT2D eigenvalue weighted by Gasteiger charge is 2.24. The first-order chi connectivity index (χ1) is 14.6. The van der Waals surface area contributed by atoms with Crippen LogP contribution in [0.4, 0.5) is 4.39 Å². The number of guanidine groups is 1. The molecule has 1 amide bonds. The highest BCUT2D eigenvalue weighted by Crippen LogP contribution is 2.13. The van der Waals surface area contributed by atoms with Gasteiger partial charge in [-0.2, -0.15) is 0 Å². The van der Waals surface area contributed by atoms with Gasteiger partial charge in [0.25, 0.3) is 0 Å². The van der Waals surface area contributed by atoms with Gasteiger partial charge in [0, 0.05) is 58.5 Å². The van der Waals surface area contributed by atoms with Crippen LogP contribution in [0.3, 0.4) is 0 Å². The van der Waals surface area contributed by atoms with E-state index in [2.05, 4.69) is 22.0 Å². The van der Waals surface area contributed by atoms with E-state index in [0.717, 1.165) is 70.2 Å². The summed E-state index contributed by atoms with van der Waals surface area (Å²) in [5, 5.41) is 3.36. The monoisotopic (exact) mass is 419 g/mol. The Morgan fingerprint density at radius 2 is 1.87 bits per heavy atom. The molecule has 2 aliphatic rings. The normalized spacial score (nSPS) is 18.2. The summed E-state index contributed by atoms with van der Waals surface area (Å²) < 4.78 is 18.9. The highest BCUT2D eigenvalue weighted by atomic mass is 19.1. The Kier molecular flexibility index (Phi) is 8.45. The summed E-state index contributed by atoms with van der Waals surface area (Å²) >= 11 is 0. The molecule has 0 atom stereocenters. The van der Waals surface area contributed by atoms with Gasteiger partial charge in [0.2, 0.25) is 5.91 Å². The fourth-order valence-electron chi connectivity index (χ4n) is 3.96. The van der Waals surface area contributed by atoms with E-state index in [4.69, 9.17) is 9.73 Å². The highest BCUT2D eigenvalue weighted by molar-refractivity contribution is 5.80. The molecule has 1 aromatic carbocycles. The van der Waals surface area contributed by atoms with Crippen molar-refractivity contribution in [2.24, 2.45) is 4.99 Å². The summed E-state index contributed by atoms with van der Waals surface area (Å²) in [6.45, 7) is 9.25. The maximum Gasteiger partial charge on any atom is 0.236 e. The Hall–Kier alpha value is -2.19. The van der Waals surface area contributed by atoms with Crippen LogP contribution in [0, 0.1) is 5.82 Å². The Bertz CT molecular complexity index is 728. The minimum absolute atomic E-state index is 0.252. The third kappa shape index (κ3) is 6.15. The van der Waals surface area contributed by atoms with E-state index < -0.39 is 0 Å². The molecular formula is C22H34FN5O2. The lowest BCUT2D eigenvalue weighted by Gasteiger charge is -2.36. The molecule has 0 unspecified atom stereocenters. The molecular weight excluding hydrogens is 385 g/mol. The number of nitrogens with zero attached hydrogens (tertiary/aromatic N) is 4. The first-order valence-electron chi connectivity index (χ1n) is 10.9. The molecule has 0 radical (unpaired) electrons. The van der Waals surface area contributed by atoms with Gasteiger partial charge in [-0.05, 0) is 37.5 Å². The number of methoxy groups -OCH3 is 1. The minimum Gasteiger partial charge on any atom is -0.380 e. The van der Waals surface area contributed by atoms with Crippen molar-refractivity contribution in [1.29, 1.82) is 0 Å². The molecule has 0 aliphatic carbocycles. The fourth-order valence-corrected chi connectivity index (χ4v) is 3.96. The number of aliphatic imine (C=N–C) groups is 1. The maximum absolute atomic E-state index is 13.8. The van der Waals surface area contributed by atoms with Crippen molar-refractivity contribution in [3.05, 3.63) is 35.1 Å². The van der Waals surface area contributed by atoms with Crippen LogP contribution >= 0.6 is 0 Å². The van der Waals surface area contributed by atoms with E-state index in [9.17, 15) is 9.18 Å². The third-order valence-electron chi connectivity index (χ3n) is 5.65. The van der Waals surface area contributed by atoms with Crippen LogP contribution in [0.1, 0.15) is 30.9 Å². The summed E-state index contributed by atoms with van der Waals surface area (Å²) in [7, 11) is 1.56. The van der Waals surface area contributed by atoms with Gasteiger partial charge in [0.05, 0.1) is 19.7 Å². The van der Waals surface area contributed by atoms with Crippen molar-refractivity contribution in [3.8, 4) is 0 Å². The summed E-state index contributed by atoms with van der Waals surface area (Å²) in [5.74, 6) is 0.862. The lowest BCUT2D eigenvalue weighted by atomic mass is 10.1. The molecule has 2 aliphatic heterocycles. The largest absolute Gasteiger partial charge is 0.380 e. The van der Waals surface area contributed by atoms with Crippen LogP contribution in [0.25, 0.3) is 0 Å². The molecule has 2 fully saturated rings. The van der Waals surface area contributed by atoms with Gasteiger partial charge in [0.1, 0.15) is 5.82 Å². The number of hydrogen-bond acceptors (Lipinski definition) is 4. The van der Waals surface area contributed by atoms with Crippen molar-refractivity contribution in [2.45, 2.75) is 32.9 Å². The smallest absolute Gasteiger partial charge is 0.236 e. The topological polar surface area (TPSA) is 60.4 Å². The van der Waals surface area contributed by atoms with Crippen LogP contribution in [-0.2, 0) is 22.7 Å². The lowest BCUT2D eigenvalue weighted by molar-refractivity contribution is -0.131. The van der Waals surface area contributed by atoms with Gasteiger partial charge in [-0.25, -0.2) is 9.38 Å². The van der Waals surface area contributed by atoms with E-state index in [1.165, 1.54) is 6.07 Å². The van der Waals surface area contributed by atoms with Gasteiger partial charge in [-0.3, -0.25) is 9.69 Å². The Labute approximate surface area is 178 Å². The average Bonchev–Trinajstić information content (AvgIpc) is 3.29. The molecule has 2 heterocycles. The zero-order valence-electron chi connectivity index (χ0n) is 18.2. The van der Waals surface area contributed by atoms with Crippen LogP contribution in [0.2, 0.25) is 0 Å². The maximum atomic E-state index is 13.8. The Morgan fingerprint density at radius 3 is 2.53 bits per heavy atom. The number of amides is 1. The molecule has 166 valence electrons. The van der Waals surface area contributed by atoms with E-state index in [-0.39, 0.29) is 18.3 Å². The number of halogens is 1. The number of rotatable bonds is 7. The third-order valence-corrected chi connectivity index (χ3v) is 5.65. The van der Waals surface area contributed by atoms with E-state index in [1.54, 1.807) is 13.2 Å². The van der Waals surface area contributed by atoms with E-state index in [0.29, 0.717) is 18.7 Å². The number of hydrogen-bond donors (Lipinski definition) is 1. The summed E-state index contributed by atoms with van der Waals surface area (Å²) in [4.78, 5) is 23.6. The van der Waals surface area contributed by atoms with Crippen molar-refractivity contribution in [3.63, 3.8) is 0 Å². The van der Waals surface area contributed by atoms with Crippen molar-refractivity contribution < 1.29 is 13.9 Å². The van der Waals surface area contributed by atoms with Crippen LogP contribution < -0.4 is 5.32 Å². The van der Waals surface area contributed by atoms with Gasteiger partial charge >= 0.3 is 0 Å². The second kappa shape index (κ2) is 11.3. The standard InChI is InChI=1S/C22H34FN5O2/c1-3-24-22(25-15-18-6-7-20(23)19(14-18)17-30-2)28-12-10-26(11-13-28)16-21(29)27-8-4-5-9-27/h6-7,14H,3-5,8-13,15-17H2,1-2H3,(H,24,25). The van der Waals surface area contributed by atoms with E-state index in [1.807, 2.05) is 11.0 Å². The first-order valence-corrected chi connectivity index (χ1v) is 10.9. The molecule has 8 heteroatoms. The van der Waals surface area contributed by atoms with Crippen LogP contribution in [0.15, 0.2) is 23.2 Å². The number of ether oxygens (including phenoxy) is 1. The molecule has 0 bridgehead atoms. The number of carbonyl (C=O) groups excluding carboxylic acids is 1. The quantitative estimate of drug-likeness (QED) is 0.538.